The Morgan fingerprint density at radius 2 is 1.19 bits per heavy atom. The summed E-state index contributed by atoms with van der Waals surface area (Å²) < 4.78 is 8.89. The predicted octanol–water partition coefficient (Wildman–Crippen LogP) is 12.0. The monoisotopic (exact) mass is 631 g/mol. The summed E-state index contributed by atoms with van der Waals surface area (Å²) in [5.41, 5.74) is 9.37. The number of benzene rings is 6. The molecule has 0 saturated carbocycles. The SMILES string of the molecule is c1ccc(-c2cc(-c3cccc4c3oc3ccccc34)nc(-c3ccc4sc5c6ccccc6nc(-c6ccccc6)c5c4c3)n2)cc1. The molecule has 6 aromatic carbocycles. The van der Waals surface area contributed by atoms with Crippen LogP contribution in [0, 0.1) is 0 Å². The van der Waals surface area contributed by atoms with Gasteiger partial charge in [-0.25, -0.2) is 15.0 Å². The molecular weight excluding hydrogens is 607 g/mol. The Kier molecular flexibility index (Phi) is 6.01. The van der Waals surface area contributed by atoms with E-state index in [-0.39, 0.29) is 0 Å². The molecule has 4 nitrogen and oxygen atoms in total. The average molecular weight is 632 g/mol. The van der Waals surface area contributed by atoms with E-state index in [0.29, 0.717) is 5.82 Å². The molecule has 4 aromatic heterocycles. The van der Waals surface area contributed by atoms with E-state index >= 15 is 0 Å². The van der Waals surface area contributed by atoms with Gasteiger partial charge in [0, 0.05) is 58.6 Å². The lowest BCUT2D eigenvalue weighted by molar-refractivity contribution is 0.670. The van der Waals surface area contributed by atoms with Crippen molar-refractivity contribution in [2.75, 3.05) is 0 Å². The van der Waals surface area contributed by atoms with Gasteiger partial charge in [0.25, 0.3) is 0 Å². The summed E-state index contributed by atoms with van der Waals surface area (Å²) in [5, 5.41) is 5.65. The first-order chi connectivity index (χ1) is 23.8. The number of hydrogen-bond donors (Lipinski definition) is 0. The highest BCUT2D eigenvalue weighted by Gasteiger charge is 2.19. The zero-order valence-corrected chi connectivity index (χ0v) is 26.4. The molecule has 0 radical (unpaired) electrons. The molecule has 0 unspecified atom stereocenters. The van der Waals surface area contributed by atoms with Gasteiger partial charge in [0.2, 0.25) is 0 Å². The maximum Gasteiger partial charge on any atom is 0.160 e. The lowest BCUT2D eigenvalue weighted by Crippen LogP contribution is -1.96. The lowest BCUT2D eigenvalue weighted by Gasteiger charge is -2.10. The van der Waals surface area contributed by atoms with E-state index in [9.17, 15) is 0 Å². The third-order valence-electron chi connectivity index (χ3n) is 9.09. The highest BCUT2D eigenvalue weighted by molar-refractivity contribution is 7.26. The second kappa shape index (κ2) is 10.7. The van der Waals surface area contributed by atoms with Crippen molar-refractivity contribution in [3.8, 4) is 45.2 Å². The Morgan fingerprint density at radius 3 is 2.04 bits per heavy atom. The first-order valence-electron chi connectivity index (χ1n) is 15.9. The van der Waals surface area contributed by atoms with Crippen LogP contribution in [0.3, 0.4) is 0 Å². The molecule has 0 aliphatic rings. The zero-order chi connectivity index (χ0) is 31.6. The molecule has 48 heavy (non-hydrogen) atoms. The van der Waals surface area contributed by atoms with E-state index in [4.69, 9.17) is 19.4 Å². The molecule has 10 aromatic rings. The van der Waals surface area contributed by atoms with E-state index < -0.39 is 0 Å². The number of nitrogens with zero attached hydrogens (tertiary/aromatic N) is 3. The van der Waals surface area contributed by atoms with Gasteiger partial charge < -0.3 is 4.42 Å². The van der Waals surface area contributed by atoms with Gasteiger partial charge >= 0.3 is 0 Å². The van der Waals surface area contributed by atoms with Gasteiger partial charge in [0.1, 0.15) is 11.2 Å². The summed E-state index contributed by atoms with van der Waals surface area (Å²) in [7, 11) is 0. The van der Waals surface area contributed by atoms with Crippen LogP contribution in [-0.4, -0.2) is 15.0 Å². The fourth-order valence-electron chi connectivity index (χ4n) is 6.83. The quantitative estimate of drug-likeness (QED) is 0.194. The number of rotatable bonds is 4. The van der Waals surface area contributed by atoms with Gasteiger partial charge in [-0.15, -0.1) is 11.3 Å². The van der Waals surface area contributed by atoms with Crippen molar-refractivity contribution >= 4 is 64.4 Å². The molecule has 0 N–H and O–H groups in total. The molecule has 0 spiro atoms. The molecule has 0 aliphatic carbocycles. The number of thiophene rings is 1. The van der Waals surface area contributed by atoms with E-state index in [1.807, 2.05) is 53.8 Å². The van der Waals surface area contributed by atoms with Crippen LogP contribution in [0.2, 0.25) is 0 Å². The normalized spacial score (nSPS) is 11.8. The molecule has 0 fully saturated rings. The minimum Gasteiger partial charge on any atom is -0.455 e. The molecule has 10 rings (SSSR count). The van der Waals surface area contributed by atoms with Crippen LogP contribution in [0.4, 0.5) is 0 Å². The van der Waals surface area contributed by atoms with E-state index in [0.717, 1.165) is 77.6 Å². The molecule has 0 aliphatic heterocycles. The fourth-order valence-corrected chi connectivity index (χ4v) is 8.04. The maximum absolute atomic E-state index is 6.45. The van der Waals surface area contributed by atoms with Crippen molar-refractivity contribution in [2.45, 2.75) is 0 Å². The summed E-state index contributed by atoms with van der Waals surface area (Å²) in [4.78, 5) is 15.6. The lowest BCUT2D eigenvalue weighted by atomic mass is 10.0. The van der Waals surface area contributed by atoms with E-state index in [1.54, 1.807) is 0 Å². The Hall–Kier alpha value is -6.17. The van der Waals surface area contributed by atoms with E-state index in [1.165, 1.54) is 14.8 Å². The van der Waals surface area contributed by atoms with Gasteiger partial charge in [-0.3, -0.25) is 0 Å². The molecule has 0 saturated heterocycles. The summed E-state index contributed by atoms with van der Waals surface area (Å²) in [6.07, 6.45) is 0. The fraction of sp³-hybridized carbons (Fsp3) is 0. The van der Waals surface area contributed by atoms with Gasteiger partial charge in [-0.2, -0.15) is 0 Å². The molecule has 0 amide bonds. The van der Waals surface area contributed by atoms with Crippen LogP contribution in [0.5, 0.6) is 0 Å². The van der Waals surface area contributed by atoms with Crippen LogP contribution in [0.1, 0.15) is 0 Å². The number of hydrogen-bond acceptors (Lipinski definition) is 5. The molecular formula is C43H25N3OS. The smallest absolute Gasteiger partial charge is 0.160 e. The van der Waals surface area contributed by atoms with Crippen molar-refractivity contribution in [2.24, 2.45) is 0 Å². The number of aromatic nitrogens is 3. The minimum atomic E-state index is 0.663. The number of furan rings is 1. The Bertz CT molecular complexity index is 2840. The first-order valence-corrected chi connectivity index (χ1v) is 16.8. The van der Waals surface area contributed by atoms with Gasteiger partial charge in [-0.1, -0.05) is 109 Å². The van der Waals surface area contributed by atoms with E-state index in [2.05, 4.69) is 109 Å². The third-order valence-corrected chi connectivity index (χ3v) is 10.3. The van der Waals surface area contributed by atoms with Gasteiger partial charge in [0.05, 0.1) is 22.6 Å². The number of fused-ring (bicyclic) bond motifs is 8. The van der Waals surface area contributed by atoms with Crippen LogP contribution < -0.4 is 0 Å². The Balaban J connectivity index is 1.24. The molecule has 224 valence electrons. The second-order valence-electron chi connectivity index (χ2n) is 12.0. The number of pyridine rings is 1. The summed E-state index contributed by atoms with van der Waals surface area (Å²) in [6, 6.07) is 52.3. The first kappa shape index (κ1) is 27.0. The summed E-state index contributed by atoms with van der Waals surface area (Å²) in [6.45, 7) is 0. The molecule has 0 atom stereocenters. The van der Waals surface area contributed by atoms with Crippen LogP contribution in [0.25, 0.3) is 98.2 Å². The van der Waals surface area contributed by atoms with Crippen molar-refractivity contribution in [3.05, 3.63) is 152 Å². The Labute approximate surface area is 279 Å². The van der Waals surface area contributed by atoms with Crippen LogP contribution >= 0.6 is 11.3 Å². The van der Waals surface area contributed by atoms with Crippen molar-refractivity contribution in [1.29, 1.82) is 0 Å². The highest BCUT2D eigenvalue weighted by Crippen LogP contribution is 2.44. The topological polar surface area (TPSA) is 51.8 Å². The second-order valence-corrected chi connectivity index (χ2v) is 13.0. The molecule has 5 heteroatoms. The largest absolute Gasteiger partial charge is 0.455 e. The average Bonchev–Trinajstić information content (AvgIpc) is 3.74. The molecule has 0 bridgehead atoms. The third kappa shape index (κ3) is 4.25. The number of para-hydroxylation sites is 3. The Morgan fingerprint density at radius 1 is 0.479 bits per heavy atom. The highest BCUT2D eigenvalue weighted by atomic mass is 32.1. The minimum absolute atomic E-state index is 0.663. The van der Waals surface area contributed by atoms with Gasteiger partial charge in [0.15, 0.2) is 5.82 Å². The van der Waals surface area contributed by atoms with Crippen molar-refractivity contribution in [1.82, 2.24) is 15.0 Å². The van der Waals surface area contributed by atoms with Gasteiger partial charge in [-0.05, 0) is 42.5 Å². The van der Waals surface area contributed by atoms with Crippen LogP contribution in [-0.2, 0) is 0 Å². The summed E-state index contributed by atoms with van der Waals surface area (Å²) in [5.74, 6) is 0.663. The van der Waals surface area contributed by atoms with Crippen molar-refractivity contribution in [3.63, 3.8) is 0 Å². The predicted molar refractivity (Wildman–Crippen MR) is 199 cm³/mol. The zero-order valence-electron chi connectivity index (χ0n) is 25.6. The van der Waals surface area contributed by atoms with Crippen molar-refractivity contribution < 1.29 is 4.42 Å². The standard InChI is InChI=1S/C43H25N3OS/c1-3-12-26(13-4-1)35-25-36(31-19-11-18-30-29-16-8-10-21-37(29)47-41(30)31)46-43(45-35)28-22-23-38-33(24-28)39-40(27-14-5-2-6-15-27)44-34-20-9-7-17-32(34)42(39)48-38/h1-25H. The van der Waals surface area contributed by atoms with Crippen LogP contribution in [0.15, 0.2) is 156 Å². The molecule has 4 heterocycles. The summed E-state index contributed by atoms with van der Waals surface area (Å²) >= 11 is 1.81. The maximum atomic E-state index is 6.45.